The van der Waals surface area contributed by atoms with Gasteiger partial charge in [0, 0.05) is 26.2 Å². The molecule has 0 bridgehead atoms. The van der Waals surface area contributed by atoms with Crippen molar-refractivity contribution in [2.24, 2.45) is 7.05 Å². The van der Waals surface area contributed by atoms with Crippen molar-refractivity contribution in [1.29, 1.82) is 0 Å². The first-order chi connectivity index (χ1) is 11.1. The van der Waals surface area contributed by atoms with Crippen molar-refractivity contribution in [1.82, 2.24) is 24.6 Å². The number of likely N-dealkylation sites (tertiary alicyclic amines) is 1. The molecule has 1 aliphatic heterocycles. The molecule has 1 atom stereocenters. The largest absolute Gasteiger partial charge is 0.479 e. The Labute approximate surface area is 138 Å². The molecule has 8 nitrogen and oxygen atoms in total. The Morgan fingerprint density at radius 2 is 2.13 bits per heavy atom. The third-order valence-electron chi connectivity index (χ3n) is 3.52. The number of amides is 1. The first-order valence-electron chi connectivity index (χ1n) is 7.08. The maximum absolute atomic E-state index is 12.6. The Kier molecular flexibility index (Phi) is 4.33. The van der Waals surface area contributed by atoms with E-state index in [1.54, 1.807) is 22.8 Å². The van der Waals surface area contributed by atoms with Crippen LogP contribution in [0.25, 0.3) is 0 Å². The summed E-state index contributed by atoms with van der Waals surface area (Å²) in [6.45, 7) is 1.05. The highest BCUT2D eigenvalue weighted by Gasteiger charge is 2.31. The molecule has 1 aliphatic rings. The van der Waals surface area contributed by atoms with Gasteiger partial charge >= 0.3 is 6.01 Å². The van der Waals surface area contributed by atoms with Crippen LogP contribution in [0.1, 0.15) is 16.8 Å². The van der Waals surface area contributed by atoms with Gasteiger partial charge in [-0.25, -0.2) is 9.97 Å². The lowest BCUT2D eigenvalue weighted by Crippen LogP contribution is -2.31. The highest BCUT2D eigenvalue weighted by atomic mass is 35.5. The van der Waals surface area contributed by atoms with Gasteiger partial charge in [0.25, 0.3) is 5.91 Å². The summed E-state index contributed by atoms with van der Waals surface area (Å²) in [5.74, 6) is 0.195. The Morgan fingerprint density at radius 1 is 1.39 bits per heavy atom. The smallest absolute Gasteiger partial charge is 0.316 e. The van der Waals surface area contributed by atoms with Gasteiger partial charge < -0.3 is 14.4 Å². The standard InChI is InChI=1S/C14H16ClN5O3/c1-19-8-11(12(18-19)22-2)13(21)20-4-3-10(7-20)23-14-16-5-9(15)6-17-14/h5-6,8,10H,3-4,7H2,1-2H3/t10-/m0/s1. The molecular weight excluding hydrogens is 322 g/mol. The predicted octanol–water partition coefficient (Wildman–Crippen LogP) is 1.17. The lowest BCUT2D eigenvalue weighted by atomic mass is 10.3. The van der Waals surface area contributed by atoms with Crippen molar-refractivity contribution in [3.8, 4) is 11.9 Å². The van der Waals surface area contributed by atoms with Crippen molar-refractivity contribution in [3.05, 3.63) is 29.2 Å². The van der Waals surface area contributed by atoms with Crippen LogP contribution in [0.2, 0.25) is 5.02 Å². The number of nitrogens with zero attached hydrogens (tertiary/aromatic N) is 5. The van der Waals surface area contributed by atoms with Crippen LogP contribution in [0.3, 0.4) is 0 Å². The summed E-state index contributed by atoms with van der Waals surface area (Å²) in [5, 5.41) is 4.55. The number of ether oxygens (including phenoxy) is 2. The van der Waals surface area contributed by atoms with Crippen molar-refractivity contribution in [2.45, 2.75) is 12.5 Å². The van der Waals surface area contributed by atoms with E-state index in [9.17, 15) is 4.79 Å². The van der Waals surface area contributed by atoms with Crippen LogP contribution >= 0.6 is 11.6 Å². The van der Waals surface area contributed by atoms with Gasteiger partial charge in [-0.05, 0) is 0 Å². The van der Waals surface area contributed by atoms with Crippen LogP contribution in [-0.2, 0) is 7.05 Å². The Bertz CT molecular complexity index is 703. The van der Waals surface area contributed by atoms with Gasteiger partial charge in [-0.15, -0.1) is 5.10 Å². The third-order valence-corrected chi connectivity index (χ3v) is 3.71. The monoisotopic (exact) mass is 337 g/mol. The second-order valence-electron chi connectivity index (χ2n) is 5.19. The number of carbonyl (C=O) groups is 1. The van der Waals surface area contributed by atoms with E-state index >= 15 is 0 Å². The van der Waals surface area contributed by atoms with Gasteiger partial charge in [-0.2, -0.15) is 0 Å². The van der Waals surface area contributed by atoms with Gasteiger partial charge in [-0.1, -0.05) is 11.6 Å². The molecule has 122 valence electrons. The van der Waals surface area contributed by atoms with E-state index < -0.39 is 0 Å². The molecule has 0 aliphatic carbocycles. The molecule has 1 amide bonds. The summed E-state index contributed by atoms with van der Waals surface area (Å²) in [7, 11) is 3.24. The highest BCUT2D eigenvalue weighted by molar-refractivity contribution is 6.30. The second kappa shape index (κ2) is 6.41. The molecule has 2 aromatic rings. The number of halogens is 1. The number of hydrogen-bond donors (Lipinski definition) is 0. The zero-order valence-corrected chi connectivity index (χ0v) is 13.5. The van der Waals surface area contributed by atoms with Crippen LogP contribution < -0.4 is 9.47 Å². The van der Waals surface area contributed by atoms with Crippen molar-refractivity contribution in [2.75, 3.05) is 20.2 Å². The Hall–Kier alpha value is -2.35. The van der Waals surface area contributed by atoms with E-state index in [4.69, 9.17) is 21.1 Å². The molecule has 9 heteroatoms. The summed E-state index contributed by atoms with van der Waals surface area (Å²) in [6.07, 6.45) is 5.16. The fraction of sp³-hybridized carbons (Fsp3) is 0.429. The first kappa shape index (κ1) is 15.5. The summed E-state index contributed by atoms with van der Waals surface area (Å²) in [5.41, 5.74) is 0.443. The number of rotatable bonds is 4. The SMILES string of the molecule is COc1nn(C)cc1C(=O)N1CC[C@H](Oc2ncc(Cl)cn2)C1. The fourth-order valence-corrected chi connectivity index (χ4v) is 2.55. The van der Waals surface area contributed by atoms with E-state index in [1.807, 2.05) is 0 Å². The number of aryl methyl sites for hydroxylation is 1. The lowest BCUT2D eigenvalue weighted by molar-refractivity contribution is 0.0766. The molecule has 0 unspecified atom stereocenters. The summed E-state index contributed by atoms with van der Waals surface area (Å²) >= 11 is 5.74. The lowest BCUT2D eigenvalue weighted by Gasteiger charge is -2.16. The van der Waals surface area contributed by atoms with Crippen molar-refractivity contribution in [3.63, 3.8) is 0 Å². The minimum absolute atomic E-state index is 0.127. The summed E-state index contributed by atoms with van der Waals surface area (Å²) in [6, 6.07) is 0.257. The normalized spacial score (nSPS) is 17.3. The Balaban J connectivity index is 1.64. The van der Waals surface area contributed by atoms with Gasteiger partial charge in [0.05, 0.1) is 31.1 Å². The molecule has 23 heavy (non-hydrogen) atoms. The van der Waals surface area contributed by atoms with E-state index in [0.29, 0.717) is 36.0 Å². The van der Waals surface area contributed by atoms with Crippen LogP contribution in [0.5, 0.6) is 11.9 Å². The average molecular weight is 338 g/mol. The third kappa shape index (κ3) is 3.37. The molecule has 1 fully saturated rings. The maximum Gasteiger partial charge on any atom is 0.316 e. The van der Waals surface area contributed by atoms with E-state index in [1.165, 1.54) is 19.5 Å². The number of aromatic nitrogens is 4. The molecule has 2 aromatic heterocycles. The quantitative estimate of drug-likeness (QED) is 0.832. The molecule has 0 aromatic carbocycles. The Morgan fingerprint density at radius 3 is 2.83 bits per heavy atom. The fourth-order valence-electron chi connectivity index (χ4n) is 2.46. The number of carbonyl (C=O) groups excluding carboxylic acids is 1. The summed E-state index contributed by atoms with van der Waals surface area (Å²) in [4.78, 5) is 22.3. The van der Waals surface area contributed by atoms with Crippen LogP contribution in [0, 0.1) is 0 Å². The zero-order chi connectivity index (χ0) is 16.4. The van der Waals surface area contributed by atoms with E-state index in [-0.39, 0.29) is 18.0 Å². The first-order valence-corrected chi connectivity index (χ1v) is 7.45. The van der Waals surface area contributed by atoms with Gasteiger partial charge in [0.2, 0.25) is 5.88 Å². The van der Waals surface area contributed by atoms with E-state index in [2.05, 4.69) is 15.1 Å². The maximum atomic E-state index is 12.6. The molecule has 0 radical (unpaired) electrons. The van der Waals surface area contributed by atoms with E-state index in [0.717, 1.165) is 0 Å². The minimum Gasteiger partial charge on any atom is -0.479 e. The van der Waals surface area contributed by atoms with Crippen LogP contribution in [0.4, 0.5) is 0 Å². The molecule has 0 N–H and O–H groups in total. The zero-order valence-electron chi connectivity index (χ0n) is 12.8. The number of methoxy groups -OCH3 is 1. The molecule has 3 heterocycles. The highest BCUT2D eigenvalue weighted by Crippen LogP contribution is 2.22. The van der Waals surface area contributed by atoms with Crippen molar-refractivity contribution >= 4 is 17.5 Å². The predicted molar refractivity (Wildman–Crippen MR) is 81.7 cm³/mol. The minimum atomic E-state index is -0.150. The molecule has 0 saturated carbocycles. The molecule has 3 rings (SSSR count). The van der Waals surface area contributed by atoms with Crippen LogP contribution in [0.15, 0.2) is 18.6 Å². The molecular formula is C14H16ClN5O3. The molecule has 1 saturated heterocycles. The number of hydrogen-bond acceptors (Lipinski definition) is 6. The van der Waals surface area contributed by atoms with Gasteiger partial charge in [0.15, 0.2) is 0 Å². The van der Waals surface area contributed by atoms with Gasteiger partial charge in [0.1, 0.15) is 11.7 Å². The van der Waals surface area contributed by atoms with Crippen LogP contribution in [-0.4, -0.2) is 56.9 Å². The van der Waals surface area contributed by atoms with Gasteiger partial charge in [-0.3, -0.25) is 9.48 Å². The second-order valence-corrected chi connectivity index (χ2v) is 5.63. The van der Waals surface area contributed by atoms with Crippen molar-refractivity contribution < 1.29 is 14.3 Å². The average Bonchev–Trinajstić information content (AvgIpc) is 3.15. The molecule has 0 spiro atoms. The topological polar surface area (TPSA) is 82.4 Å². The summed E-state index contributed by atoms with van der Waals surface area (Å²) < 4.78 is 12.4.